The highest BCUT2D eigenvalue weighted by atomic mass is 31.2. The molecule has 0 spiro atoms. The summed E-state index contributed by atoms with van der Waals surface area (Å²) in [6.45, 7) is 11.7. The molecule has 0 saturated carbocycles. The molecule has 0 aliphatic heterocycles. The number of esters is 4. The van der Waals surface area contributed by atoms with Gasteiger partial charge in [0.05, 0.1) is 26.4 Å². The minimum Gasteiger partial charge on any atom is -0.462 e. The van der Waals surface area contributed by atoms with Crippen LogP contribution < -0.4 is 0 Å². The second-order valence-corrected chi connectivity index (χ2v) is 30.1. The van der Waals surface area contributed by atoms with Crippen LogP contribution in [0, 0.1) is 17.8 Å². The van der Waals surface area contributed by atoms with Crippen LogP contribution in [0.15, 0.2) is 0 Å². The number of aliphatic hydroxyl groups is 1. The summed E-state index contributed by atoms with van der Waals surface area (Å²) in [6, 6.07) is 0. The van der Waals surface area contributed by atoms with E-state index in [0.29, 0.717) is 31.6 Å². The molecule has 540 valence electrons. The highest BCUT2D eigenvalue weighted by Crippen LogP contribution is 2.45. The van der Waals surface area contributed by atoms with E-state index in [1.165, 1.54) is 167 Å². The summed E-state index contributed by atoms with van der Waals surface area (Å²) in [5, 5.41) is 10.6. The molecule has 0 radical (unpaired) electrons. The Hall–Kier alpha value is -1.94. The van der Waals surface area contributed by atoms with Crippen molar-refractivity contribution in [3.05, 3.63) is 0 Å². The summed E-state index contributed by atoms with van der Waals surface area (Å²) in [5.74, 6) is 0.0235. The van der Waals surface area contributed by atoms with Crippen LogP contribution in [-0.2, 0) is 65.4 Å². The van der Waals surface area contributed by atoms with Gasteiger partial charge in [-0.1, -0.05) is 312 Å². The number of phosphoric acid groups is 2. The van der Waals surface area contributed by atoms with E-state index in [1.54, 1.807) is 0 Å². The molecule has 19 heteroatoms. The number of carbonyl (C=O) groups excluding carboxylic acids is 4. The van der Waals surface area contributed by atoms with Crippen molar-refractivity contribution >= 4 is 39.5 Å². The fourth-order valence-corrected chi connectivity index (χ4v) is 12.4. The largest absolute Gasteiger partial charge is 0.472 e. The lowest BCUT2D eigenvalue weighted by atomic mass is 10.00. The topological polar surface area (TPSA) is 237 Å². The molecule has 0 aliphatic carbocycles. The van der Waals surface area contributed by atoms with Crippen molar-refractivity contribution in [3.8, 4) is 0 Å². The lowest BCUT2D eigenvalue weighted by molar-refractivity contribution is -0.161. The van der Waals surface area contributed by atoms with Crippen molar-refractivity contribution in [1.82, 2.24) is 0 Å². The van der Waals surface area contributed by atoms with Crippen LogP contribution in [0.2, 0.25) is 0 Å². The first-order chi connectivity index (χ1) is 43.8. The molecule has 0 aliphatic rings. The normalized spacial score (nSPS) is 14.5. The molecule has 3 unspecified atom stereocenters. The van der Waals surface area contributed by atoms with E-state index >= 15 is 0 Å². The van der Waals surface area contributed by atoms with Crippen LogP contribution >= 0.6 is 15.6 Å². The molecule has 0 fully saturated rings. The average molecular weight is 1340 g/mol. The number of unbranched alkanes of at least 4 members (excludes halogenated alkanes) is 37. The molecule has 0 amide bonds. The van der Waals surface area contributed by atoms with E-state index in [-0.39, 0.29) is 25.7 Å². The van der Waals surface area contributed by atoms with Crippen LogP contribution in [0.1, 0.15) is 363 Å². The summed E-state index contributed by atoms with van der Waals surface area (Å²) in [5.41, 5.74) is 0. The zero-order valence-electron chi connectivity index (χ0n) is 59.3. The van der Waals surface area contributed by atoms with E-state index in [9.17, 15) is 43.2 Å². The van der Waals surface area contributed by atoms with E-state index in [1.807, 2.05) is 0 Å². The Morgan fingerprint density at radius 2 is 0.560 bits per heavy atom. The standard InChI is InChI=1S/C72H140O17P2/c1-8-10-11-12-13-14-15-16-17-18-19-20-21-22-23-24-25-32-41-48-55-71(76)88-67(59-82-69(74)53-46-39-31-27-26-29-36-43-50-63(3)4)61-86-90(78,79)84-57-66(73)58-85-91(80,81)87-62-68(89-72(77)56-49-42-33-28-30-37-44-51-64(5)6)60-83-70(75)54-47-40-35-34-38-45-52-65(7)9-2/h63-68,73H,8-62H2,1-7H3,(H,78,79)(H,80,81)/t65?,66-,67-,68-/m1/s1. The monoisotopic (exact) mass is 1340 g/mol. The zero-order valence-corrected chi connectivity index (χ0v) is 61.1. The smallest absolute Gasteiger partial charge is 0.462 e. The number of carbonyl (C=O) groups is 4. The molecule has 0 aromatic rings. The lowest BCUT2D eigenvalue weighted by Crippen LogP contribution is -2.30. The maximum Gasteiger partial charge on any atom is 0.472 e. The zero-order chi connectivity index (χ0) is 67.3. The van der Waals surface area contributed by atoms with Gasteiger partial charge in [0, 0.05) is 25.7 Å². The van der Waals surface area contributed by atoms with Gasteiger partial charge in [0.15, 0.2) is 12.2 Å². The number of rotatable bonds is 70. The van der Waals surface area contributed by atoms with Crippen molar-refractivity contribution < 1.29 is 80.2 Å². The van der Waals surface area contributed by atoms with Gasteiger partial charge in [0.2, 0.25) is 0 Å². The Morgan fingerprint density at radius 1 is 0.319 bits per heavy atom. The lowest BCUT2D eigenvalue weighted by Gasteiger charge is -2.21. The third-order valence-corrected chi connectivity index (χ3v) is 18.9. The third kappa shape index (κ3) is 65.1. The van der Waals surface area contributed by atoms with Crippen LogP contribution in [0.25, 0.3) is 0 Å². The second-order valence-electron chi connectivity index (χ2n) is 27.2. The van der Waals surface area contributed by atoms with Gasteiger partial charge in [-0.15, -0.1) is 0 Å². The molecule has 0 bridgehead atoms. The Kier molecular flexibility index (Phi) is 61.5. The van der Waals surface area contributed by atoms with Gasteiger partial charge in [0.25, 0.3) is 0 Å². The third-order valence-electron chi connectivity index (χ3n) is 17.0. The number of ether oxygens (including phenoxy) is 4. The van der Waals surface area contributed by atoms with E-state index < -0.39 is 97.5 Å². The maximum atomic E-state index is 13.0. The molecule has 17 nitrogen and oxygen atoms in total. The summed E-state index contributed by atoms with van der Waals surface area (Å²) in [4.78, 5) is 72.5. The fourth-order valence-electron chi connectivity index (χ4n) is 10.9. The predicted molar refractivity (Wildman–Crippen MR) is 368 cm³/mol. The van der Waals surface area contributed by atoms with Crippen LogP contribution in [0.3, 0.4) is 0 Å². The van der Waals surface area contributed by atoms with Gasteiger partial charge in [0.1, 0.15) is 19.3 Å². The minimum absolute atomic E-state index is 0.102. The van der Waals surface area contributed by atoms with E-state index in [4.69, 9.17) is 37.0 Å². The highest BCUT2D eigenvalue weighted by molar-refractivity contribution is 7.47. The molecular weight excluding hydrogens is 1200 g/mol. The number of phosphoric ester groups is 2. The highest BCUT2D eigenvalue weighted by Gasteiger charge is 2.30. The van der Waals surface area contributed by atoms with Crippen LogP contribution in [-0.4, -0.2) is 96.7 Å². The molecule has 3 N–H and O–H groups in total. The van der Waals surface area contributed by atoms with Gasteiger partial charge in [-0.05, 0) is 43.4 Å². The quantitative estimate of drug-likeness (QED) is 0.0222. The summed E-state index contributed by atoms with van der Waals surface area (Å²) in [6.07, 6.45) is 47.5. The first-order valence-corrected chi connectivity index (χ1v) is 40.4. The molecule has 0 heterocycles. The SMILES string of the molecule is CCCCCCCCCCCCCCCCCCCCCCC(=O)O[C@H](COC(=O)CCCCCCCCCCC(C)C)COP(=O)(O)OC[C@@H](O)COP(=O)(O)OC[C@@H](COC(=O)CCCCCCCCC(C)CC)OC(=O)CCCCCCCCCC(C)C. The predicted octanol–water partition coefficient (Wildman–Crippen LogP) is 20.6. The molecule has 91 heavy (non-hydrogen) atoms. The maximum absolute atomic E-state index is 13.0. The Bertz CT molecular complexity index is 1790. The fraction of sp³-hybridized carbons (Fsp3) is 0.944. The average Bonchev–Trinajstić information content (AvgIpc) is 3.70. The molecule has 0 aromatic carbocycles. The minimum atomic E-state index is -4.95. The Morgan fingerprint density at radius 3 is 0.835 bits per heavy atom. The van der Waals surface area contributed by atoms with Gasteiger partial charge >= 0.3 is 39.5 Å². The first kappa shape index (κ1) is 89.1. The number of hydrogen-bond donors (Lipinski definition) is 3. The van der Waals surface area contributed by atoms with Crippen LogP contribution in [0.4, 0.5) is 0 Å². The second kappa shape index (κ2) is 62.8. The Balaban J connectivity index is 5.19. The molecule has 0 saturated heterocycles. The summed E-state index contributed by atoms with van der Waals surface area (Å²) < 4.78 is 68.3. The molecule has 6 atom stereocenters. The van der Waals surface area contributed by atoms with Crippen LogP contribution in [0.5, 0.6) is 0 Å². The summed E-state index contributed by atoms with van der Waals surface area (Å²) in [7, 11) is -9.90. The molecular formula is C72H140O17P2. The van der Waals surface area contributed by atoms with Crippen molar-refractivity contribution in [2.75, 3.05) is 39.6 Å². The van der Waals surface area contributed by atoms with Crippen molar-refractivity contribution in [3.63, 3.8) is 0 Å². The van der Waals surface area contributed by atoms with E-state index in [0.717, 1.165) is 108 Å². The van der Waals surface area contributed by atoms with Crippen molar-refractivity contribution in [2.45, 2.75) is 381 Å². The molecule has 0 aromatic heterocycles. The molecule has 0 rings (SSSR count). The van der Waals surface area contributed by atoms with Gasteiger partial charge in [-0.25, -0.2) is 9.13 Å². The van der Waals surface area contributed by atoms with Gasteiger partial charge in [-0.3, -0.25) is 37.3 Å². The van der Waals surface area contributed by atoms with E-state index in [2.05, 4.69) is 48.5 Å². The number of aliphatic hydroxyl groups excluding tert-OH is 1. The first-order valence-electron chi connectivity index (χ1n) is 37.4. The van der Waals surface area contributed by atoms with Gasteiger partial charge in [-0.2, -0.15) is 0 Å². The van der Waals surface area contributed by atoms with Crippen molar-refractivity contribution in [2.24, 2.45) is 17.8 Å². The summed E-state index contributed by atoms with van der Waals surface area (Å²) >= 11 is 0. The Labute approximate surface area is 556 Å². The number of hydrogen-bond acceptors (Lipinski definition) is 15. The van der Waals surface area contributed by atoms with Crippen molar-refractivity contribution in [1.29, 1.82) is 0 Å². The van der Waals surface area contributed by atoms with Gasteiger partial charge < -0.3 is 33.8 Å².